The number of aromatic carboxylic acids is 1. The Balaban J connectivity index is 1.54. The van der Waals surface area contributed by atoms with Gasteiger partial charge in [-0.1, -0.05) is 12.1 Å². The summed E-state index contributed by atoms with van der Waals surface area (Å²) in [5, 5.41) is 20.9. The molecule has 7 nitrogen and oxygen atoms in total. The predicted octanol–water partition coefficient (Wildman–Crippen LogP) is 4.43. The normalized spacial score (nSPS) is 15.9. The zero-order chi connectivity index (χ0) is 26.7. The molecular formula is C26H21F4N3O4. The second-order valence-corrected chi connectivity index (χ2v) is 9.22. The number of nitrogens with zero attached hydrogens (tertiary/aromatic N) is 3. The van der Waals surface area contributed by atoms with E-state index in [9.17, 15) is 33.0 Å². The molecule has 0 amide bonds. The summed E-state index contributed by atoms with van der Waals surface area (Å²) in [6, 6.07) is 7.14. The van der Waals surface area contributed by atoms with Crippen LogP contribution in [0.1, 0.15) is 34.3 Å². The van der Waals surface area contributed by atoms with Crippen LogP contribution >= 0.6 is 0 Å². The highest BCUT2D eigenvalue weighted by molar-refractivity contribution is 6.07. The zero-order valence-electron chi connectivity index (χ0n) is 19.5. The first-order chi connectivity index (χ1) is 17.4. The molecule has 0 saturated carbocycles. The maximum Gasteiger partial charge on any atom is 0.416 e. The Labute approximate surface area is 207 Å². The van der Waals surface area contributed by atoms with Gasteiger partial charge in [0.1, 0.15) is 11.4 Å². The quantitative estimate of drug-likeness (QED) is 0.310. The van der Waals surface area contributed by atoms with Gasteiger partial charge in [-0.2, -0.15) is 13.2 Å². The molecule has 2 aromatic carbocycles. The number of rotatable bonds is 3. The molecule has 0 atom stereocenters. The van der Waals surface area contributed by atoms with E-state index in [4.69, 9.17) is 0 Å². The molecule has 4 aromatic rings. The number of hydrogen-bond acceptors (Lipinski definition) is 5. The maximum absolute atomic E-state index is 15.1. The third-order valence-corrected chi connectivity index (χ3v) is 6.98. The van der Waals surface area contributed by atoms with E-state index in [1.54, 1.807) is 11.9 Å². The van der Waals surface area contributed by atoms with E-state index in [1.165, 1.54) is 35.2 Å². The first-order valence-electron chi connectivity index (χ1n) is 11.4. The number of fused-ring (bicyclic) bond motifs is 3. The number of carboxylic acid groups (broad SMARTS) is 1. The van der Waals surface area contributed by atoms with Gasteiger partial charge in [-0.15, -0.1) is 0 Å². The molecule has 0 aliphatic carbocycles. The Kier molecular flexibility index (Phi) is 5.70. The third-order valence-electron chi connectivity index (χ3n) is 6.98. The number of hydrogen-bond donors (Lipinski definition) is 2. The zero-order valence-corrected chi connectivity index (χ0v) is 19.5. The molecule has 2 N–H and O–H groups in total. The summed E-state index contributed by atoms with van der Waals surface area (Å²) in [5.74, 6) is -2.02. The minimum Gasteiger partial charge on any atom is -0.477 e. The van der Waals surface area contributed by atoms with Crippen LogP contribution in [0.5, 0.6) is 0 Å². The van der Waals surface area contributed by atoms with Crippen LogP contribution in [0.25, 0.3) is 21.8 Å². The van der Waals surface area contributed by atoms with Gasteiger partial charge in [0.2, 0.25) is 5.43 Å². The van der Waals surface area contributed by atoms with E-state index in [2.05, 4.69) is 4.98 Å². The SMILES string of the molecule is Cn1cc(C(=O)O)c(=O)c2c3cc(N4CCC(O)(c5cccc(C(F)(F)F)c5)CC4)c(F)cc3ncc21. The maximum atomic E-state index is 15.1. The van der Waals surface area contributed by atoms with E-state index in [0.717, 1.165) is 18.2 Å². The Morgan fingerprint density at radius 1 is 1.14 bits per heavy atom. The van der Waals surface area contributed by atoms with Gasteiger partial charge in [0.05, 0.1) is 39.5 Å². The highest BCUT2D eigenvalue weighted by Crippen LogP contribution is 2.39. The summed E-state index contributed by atoms with van der Waals surface area (Å²) in [6.07, 6.45) is -1.88. The minimum absolute atomic E-state index is 0.0461. The van der Waals surface area contributed by atoms with Crippen molar-refractivity contribution in [1.29, 1.82) is 0 Å². The number of carbonyl (C=O) groups is 1. The van der Waals surface area contributed by atoms with Crippen molar-refractivity contribution in [2.45, 2.75) is 24.6 Å². The standard InChI is InChI=1S/C26H21F4N3O4/c1-32-13-17(24(35)36)23(34)22-16-10-20(18(27)11-19(16)31-12-21(22)32)33-7-5-25(37,6-8-33)14-3-2-4-15(9-14)26(28,29)30/h2-4,9-13,37H,5-8H2,1H3,(H,35,36). The lowest BCUT2D eigenvalue weighted by molar-refractivity contribution is -0.137. The Hall–Kier alpha value is -3.99. The molecule has 1 aliphatic heterocycles. The summed E-state index contributed by atoms with van der Waals surface area (Å²) in [6.45, 7) is 0.261. The summed E-state index contributed by atoms with van der Waals surface area (Å²) in [5.41, 5.74) is -2.73. The third kappa shape index (κ3) is 4.18. The van der Waals surface area contributed by atoms with Crippen molar-refractivity contribution >= 4 is 33.5 Å². The topological polar surface area (TPSA) is 95.7 Å². The van der Waals surface area contributed by atoms with Crippen LogP contribution in [0.15, 0.2) is 53.6 Å². The number of aliphatic hydroxyl groups is 1. The van der Waals surface area contributed by atoms with Crippen LogP contribution in [0, 0.1) is 5.82 Å². The Bertz CT molecular complexity index is 1620. The van der Waals surface area contributed by atoms with Gasteiger partial charge in [0.25, 0.3) is 0 Å². The Morgan fingerprint density at radius 2 is 1.84 bits per heavy atom. The molecule has 0 spiro atoms. The van der Waals surface area contributed by atoms with Crippen molar-refractivity contribution in [2.75, 3.05) is 18.0 Å². The summed E-state index contributed by atoms with van der Waals surface area (Å²) < 4.78 is 56.1. The first kappa shape index (κ1) is 24.7. The van der Waals surface area contributed by atoms with E-state index >= 15 is 4.39 Å². The van der Waals surface area contributed by atoms with Crippen LogP contribution in [-0.4, -0.2) is 38.8 Å². The number of carboxylic acids is 1. The number of alkyl halides is 3. The largest absolute Gasteiger partial charge is 0.477 e. The van der Waals surface area contributed by atoms with Crippen LogP contribution in [-0.2, 0) is 18.8 Å². The van der Waals surface area contributed by atoms with Crippen molar-refractivity contribution in [2.24, 2.45) is 7.05 Å². The highest BCUT2D eigenvalue weighted by Gasteiger charge is 2.37. The molecule has 2 aromatic heterocycles. The summed E-state index contributed by atoms with van der Waals surface area (Å²) in [4.78, 5) is 30.5. The number of pyridine rings is 2. The van der Waals surface area contributed by atoms with E-state index in [1.807, 2.05) is 0 Å². The fraction of sp³-hybridized carbons (Fsp3) is 0.269. The van der Waals surface area contributed by atoms with Crippen LogP contribution in [0.2, 0.25) is 0 Å². The molecule has 5 rings (SSSR count). The van der Waals surface area contributed by atoms with E-state index in [0.29, 0.717) is 5.52 Å². The van der Waals surface area contributed by atoms with Gasteiger partial charge in [-0.3, -0.25) is 9.78 Å². The van der Waals surface area contributed by atoms with Crippen molar-refractivity contribution in [3.8, 4) is 0 Å². The van der Waals surface area contributed by atoms with Crippen molar-refractivity contribution in [3.63, 3.8) is 0 Å². The minimum atomic E-state index is -4.55. The molecule has 0 bridgehead atoms. The average Bonchev–Trinajstić information content (AvgIpc) is 2.85. The van der Waals surface area contributed by atoms with Gasteiger partial charge in [-0.05, 0) is 36.6 Å². The smallest absolute Gasteiger partial charge is 0.416 e. The summed E-state index contributed by atoms with van der Waals surface area (Å²) in [7, 11) is 1.57. The molecule has 192 valence electrons. The molecular weight excluding hydrogens is 494 g/mol. The van der Waals surface area contributed by atoms with Crippen molar-refractivity contribution < 1.29 is 32.6 Å². The second-order valence-electron chi connectivity index (χ2n) is 9.22. The lowest BCUT2D eigenvalue weighted by Crippen LogP contribution is -2.43. The number of piperidine rings is 1. The molecule has 0 unspecified atom stereocenters. The fourth-order valence-corrected chi connectivity index (χ4v) is 4.94. The molecule has 1 saturated heterocycles. The lowest BCUT2D eigenvalue weighted by atomic mass is 9.83. The Morgan fingerprint density at radius 3 is 2.49 bits per heavy atom. The van der Waals surface area contributed by atoms with E-state index in [-0.39, 0.29) is 53.5 Å². The van der Waals surface area contributed by atoms with Gasteiger partial charge < -0.3 is 19.7 Å². The van der Waals surface area contributed by atoms with Crippen LogP contribution < -0.4 is 10.3 Å². The molecule has 11 heteroatoms. The van der Waals surface area contributed by atoms with Crippen LogP contribution in [0.4, 0.5) is 23.2 Å². The average molecular weight is 515 g/mol. The molecule has 37 heavy (non-hydrogen) atoms. The molecule has 3 heterocycles. The lowest BCUT2D eigenvalue weighted by Gasteiger charge is -2.40. The van der Waals surface area contributed by atoms with Crippen molar-refractivity contribution in [1.82, 2.24) is 9.55 Å². The fourth-order valence-electron chi connectivity index (χ4n) is 4.94. The molecule has 1 aliphatic rings. The highest BCUT2D eigenvalue weighted by atomic mass is 19.4. The monoisotopic (exact) mass is 515 g/mol. The molecule has 1 fully saturated rings. The number of halogens is 4. The predicted molar refractivity (Wildman–Crippen MR) is 128 cm³/mol. The van der Waals surface area contributed by atoms with Gasteiger partial charge in [0.15, 0.2) is 0 Å². The van der Waals surface area contributed by atoms with Crippen LogP contribution in [0.3, 0.4) is 0 Å². The number of aromatic nitrogens is 2. The molecule has 0 radical (unpaired) electrons. The number of aryl methyl sites for hydroxylation is 1. The van der Waals surface area contributed by atoms with E-state index < -0.39 is 40.1 Å². The van der Waals surface area contributed by atoms with Gasteiger partial charge in [0, 0.05) is 37.8 Å². The first-order valence-corrected chi connectivity index (χ1v) is 11.4. The summed E-state index contributed by atoms with van der Waals surface area (Å²) >= 11 is 0. The van der Waals surface area contributed by atoms with Crippen molar-refractivity contribution in [3.05, 3.63) is 81.5 Å². The number of benzene rings is 2. The number of anilines is 1. The van der Waals surface area contributed by atoms with Gasteiger partial charge >= 0.3 is 12.1 Å². The second kappa shape index (κ2) is 8.55. The van der Waals surface area contributed by atoms with Gasteiger partial charge in [-0.25, -0.2) is 9.18 Å².